The first-order chi connectivity index (χ1) is 18.7. The second-order valence-corrected chi connectivity index (χ2v) is 8.38. The zero-order valence-corrected chi connectivity index (χ0v) is 22.6. The molecular weight excluding hydrogens is 671 g/mol. The van der Waals surface area contributed by atoms with Crippen molar-refractivity contribution in [3.63, 3.8) is 0 Å². The number of hydrogen-bond acceptors (Lipinski definition) is 8. The van der Waals surface area contributed by atoms with Gasteiger partial charge in [0.1, 0.15) is 11.5 Å². The first-order valence-corrected chi connectivity index (χ1v) is 11.9. The number of rotatable bonds is 5. The summed E-state index contributed by atoms with van der Waals surface area (Å²) in [6.45, 7) is 0. The van der Waals surface area contributed by atoms with Crippen molar-refractivity contribution < 1.29 is 31.3 Å². The quantitative estimate of drug-likeness (QED) is 0.233. The van der Waals surface area contributed by atoms with Gasteiger partial charge in [-0.2, -0.15) is 0 Å². The van der Waals surface area contributed by atoms with Crippen LogP contribution in [-0.4, -0.2) is 40.1 Å². The molecule has 0 atom stereocenters. The van der Waals surface area contributed by atoms with Crippen LogP contribution in [0.25, 0.3) is 57.2 Å². The minimum atomic E-state index is 0. The van der Waals surface area contributed by atoms with Gasteiger partial charge in [-0.05, 0) is 24.3 Å². The zero-order chi connectivity index (χ0) is 25.9. The summed E-state index contributed by atoms with van der Waals surface area (Å²) >= 11 is 0. The molecule has 8 nitrogen and oxygen atoms in total. The molecule has 0 unspecified atom stereocenters. The number of para-hydroxylation sites is 2. The molecule has 0 radical (unpaired) electrons. The molecule has 0 amide bonds. The first-order valence-electron chi connectivity index (χ1n) is 11.9. The maximum atomic E-state index is 10.5. The smallest absolute Gasteiger partial charge is 0.202 e. The summed E-state index contributed by atoms with van der Waals surface area (Å²) < 4.78 is 0. The van der Waals surface area contributed by atoms with Crippen LogP contribution in [0.5, 0.6) is 11.5 Å². The summed E-state index contributed by atoms with van der Waals surface area (Å²) in [7, 11) is 0. The summed E-state index contributed by atoms with van der Waals surface area (Å²) in [4.78, 5) is 28.0. The van der Waals surface area contributed by atoms with Gasteiger partial charge >= 0.3 is 0 Å². The number of phenolic OH excluding ortho intramolecular Hbond substituents is 2. The average molecular weight is 692 g/mol. The standard InChI is InChI=1S/C30H20N6O2.Pt/c37-23-17-9-7-15-21(23)27-31-25(19-11-3-1-4-12-19)33-29(35-27)30-34-26(20-13-5-2-6-14-20)32-28(36-30)22-16-8-10-18-24(22)38;/h1-18,37-38H;. The Hall–Kier alpha value is -4.81. The maximum absolute atomic E-state index is 10.5. The molecule has 2 N–H and O–H groups in total. The van der Waals surface area contributed by atoms with Crippen LogP contribution in [0.4, 0.5) is 0 Å². The second-order valence-electron chi connectivity index (χ2n) is 8.38. The number of aromatic hydroxyl groups is 2. The number of hydrogen-bond donors (Lipinski definition) is 2. The Morgan fingerprint density at radius 1 is 0.333 bits per heavy atom. The van der Waals surface area contributed by atoms with E-state index in [1.165, 1.54) is 0 Å². The molecule has 6 aromatic rings. The fraction of sp³-hybridized carbons (Fsp3) is 0. The zero-order valence-electron chi connectivity index (χ0n) is 20.3. The van der Waals surface area contributed by atoms with E-state index < -0.39 is 0 Å². The van der Waals surface area contributed by atoms with Gasteiger partial charge in [-0.15, -0.1) is 0 Å². The Balaban J connectivity index is 0.00000308. The SMILES string of the molecule is Oc1ccccc1-c1nc(-c2ccccc2)nc(-c2nc(-c3ccccc3)nc(-c3ccccc3O)n2)n1.[Pt]. The molecule has 0 saturated carbocycles. The Morgan fingerprint density at radius 3 is 1.03 bits per heavy atom. The van der Waals surface area contributed by atoms with Crippen LogP contribution in [0.2, 0.25) is 0 Å². The van der Waals surface area contributed by atoms with Crippen LogP contribution in [-0.2, 0) is 21.1 Å². The van der Waals surface area contributed by atoms with E-state index in [1.807, 2.05) is 60.7 Å². The fourth-order valence-electron chi connectivity index (χ4n) is 3.95. The van der Waals surface area contributed by atoms with E-state index in [0.29, 0.717) is 22.8 Å². The van der Waals surface area contributed by atoms with Gasteiger partial charge in [0.05, 0.1) is 11.1 Å². The Kier molecular flexibility index (Phi) is 7.47. The third-order valence-corrected chi connectivity index (χ3v) is 5.82. The summed E-state index contributed by atoms with van der Waals surface area (Å²) in [6, 6.07) is 32.7. The predicted molar refractivity (Wildman–Crippen MR) is 144 cm³/mol. The van der Waals surface area contributed by atoms with E-state index in [-0.39, 0.29) is 55.9 Å². The van der Waals surface area contributed by atoms with E-state index in [2.05, 4.69) is 19.9 Å². The topological polar surface area (TPSA) is 118 Å². The van der Waals surface area contributed by atoms with Crippen LogP contribution in [0.1, 0.15) is 0 Å². The minimum absolute atomic E-state index is 0. The molecule has 0 fully saturated rings. The number of aromatic nitrogens is 6. The van der Waals surface area contributed by atoms with Crippen molar-refractivity contribution in [3.8, 4) is 68.7 Å². The number of phenols is 2. The van der Waals surface area contributed by atoms with Crippen LogP contribution < -0.4 is 0 Å². The third kappa shape index (κ3) is 5.42. The molecule has 6 rings (SSSR count). The number of nitrogens with zero attached hydrogens (tertiary/aromatic N) is 6. The molecule has 0 aliphatic carbocycles. The molecule has 2 aromatic heterocycles. The molecule has 9 heteroatoms. The Bertz CT molecular complexity index is 1620. The van der Waals surface area contributed by atoms with Crippen LogP contribution >= 0.6 is 0 Å². The summed E-state index contributed by atoms with van der Waals surface area (Å²) in [5.41, 5.74) is 2.44. The third-order valence-electron chi connectivity index (χ3n) is 5.82. The van der Waals surface area contributed by atoms with Crippen molar-refractivity contribution >= 4 is 0 Å². The van der Waals surface area contributed by atoms with Crippen molar-refractivity contribution in [2.24, 2.45) is 0 Å². The normalized spacial score (nSPS) is 10.6. The summed E-state index contributed by atoms with van der Waals surface area (Å²) in [5, 5.41) is 21.1. The van der Waals surface area contributed by atoms with E-state index in [1.54, 1.807) is 48.5 Å². The van der Waals surface area contributed by atoms with E-state index in [0.717, 1.165) is 11.1 Å². The van der Waals surface area contributed by atoms with Gasteiger partial charge in [0.25, 0.3) is 0 Å². The number of benzene rings is 4. The Morgan fingerprint density at radius 2 is 0.641 bits per heavy atom. The van der Waals surface area contributed by atoms with E-state index >= 15 is 0 Å². The van der Waals surface area contributed by atoms with E-state index in [4.69, 9.17) is 9.97 Å². The molecule has 0 aliphatic heterocycles. The van der Waals surface area contributed by atoms with Gasteiger partial charge < -0.3 is 10.2 Å². The van der Waals surface area contributed by atoms with Gasteiger partial charge in [0, 0.05) is 32.2 Å². The molecule has 0 saturated heterocycles. The summed E-state index contributed by atoms with van der Waals surface area (Å²) in [5.74, 6) is 1.84. The largest absolute Gasteiger partial charge is 0.507 e. The van der Waals surface area contributed by atoms with Crippen molar-refractivity contribution in [1.82, 2.24) is 29.9 Å². The van der Waals surface area contributed by atoms with Gasteiger partial charge in [0.15, 0.2) is 23.3 Å². The monoisotopic (exact) mass is 691 g/mol. The molecule has 0 bridgehead atoms. The molecule has 2 heterocycles. The van der Waals surface area contributed by atoms with Crippen LogP contribution in [0.3, 0.4) is 0 Å². The molecule has 39 heavy (non-hydrogen) atoms. The first kappa shape index (κ1) is 25.8. The molecule has 0 aliphatic rings. The molecule has 4 aromatic carbocycles. The Labute approximate surface area is 238 Å². The average Bonchev–Trinajstić information content (AvgIpc) is 2.98. The van der Waals surface area contributed by atoms with Crippen LogP contribution in [0, 0.1) is 0 Å². The molecular formula is C30H20N6O2Pt. The summed E-state index contributed by atoms with van der Waals surface area (Å²) in [6.07, 6.45) is 0. The predicted octanol–water partition coefficient (Wildman–Crippen LogP) is 5.80. The second kappa shape index (κ2) is 11.3. The van der Waals surface area contributed by atoms with Crippen LogP contribution in [0.15, 0.2) is 109 Å². The van der Waals surface area contributed by atoms with Crippen molar-refractivity contribution in [2.45, 2.75) is 0 Å². The molecule has 192 valence electrons. The van der Waals surface area contributed by atoms with Crippen molar-refractivity contribution in [2.75, 3.05) is 0 Å². The van der Waals surface area contributed by atoms with Gasteiger partial charge in [-0.25, -0.2) is 29.9 Å². The van der Waals surface area contributed by atoms with Gasteiger partial charge in [-0.1, -0.05) is 84.9 Å². The van der Waals surface area contributed by atoms with Crippen molar-refractivity contribution in [1.29, 1.82) is 0 Å². The molecule has 0 spiro atoms. The van der Waals surface area contributed by atoms with Gasteiger partial charge in [-0.3, -0.25) is 0 Å². The van der Waals surface area contributed by atoms with E-state index in [9.17, 15) is 10.2 Å². The fourth-order valence-corrected chi connectivity index (χ4v) is 3.95. The minimum Gasteiger partial charge on any atom is -0.507 e. The van der Waals surface area contributed by atoms with Gasteiger partial charge in [0.2, 0.25) is 11.6 Å². The maximum Gasteiger partial charge on any atom is 0.202 e. The van der Waals surface area contributed by atoms with Crippen molar-refractivity contribution in [3.05, 3.63) is 109 Å².